The SMILES string of the molecule is O=C(Nc1ncc2ccc(-c3cnc4n3CCNC4)cc2n1)C1CC1. The number of nitrogens with zero attached hydrogens (tertiary/aromatic N) is 4. The summed E-state index contributed by atoms with van der Waals surface area (Å²) < 4.78 is 2.24. The van der Waals surface area contributed by atoms with Crippen LogP contribution in [0.25, 0.3) is 22.2 Å². The third-order valence-electron chi connectivity index (χ3n) is 4.80. The van der Waals surface area contributed by atoms with Gasteiger partial charge >= 0.3 is 0 Å². The van der Waals surface area contributed by atoms with Crippen LogP contribution in [0.5, 0.6) is 0 Å². The molecule has 7 heteroatoms. The Bertz CT molecular complexity index is 975. The molecule has 1 fully saturated rings. The van der Waals surface area contributed by atoms with Gasteiger partial charge in [0.05, 0.1) is 24.0 Å². The Morgan fingerprint density at radius 3 is 3.04 bits per heavy atom. The minimum Gasteiger partial charge on any atom is -0.326 e. The molecule has 25 heavy (non-hydrogen) atoms. The molecule has 5 rings (SSSR count). The molecule has 0 unspecified atom stereocenters. The Labute approximate surface area is 144 Å². The van der Waals surface area contributed by atoms with E-state index >= 15 is 0 Å². The van der Waals surface area contributed by atoms with Crippen LogP contribution in [0.3, 0.4) is 0 Å². The molecule has 0 radical (unpaired) electrons. The average molecular weight is 334 g/mol. The molecule has 3 aromatic rings. The topological polar surface area (TPSA) is 84.7 Å². The smallest absolute Gasteiger partial charge is 0.229 e. The van der Waals surface area contributed by atoms with Crippen LogP contribution in [0, 0.1) is 5.92 Å². The fourth-order valence-electron chi connectivity index (χ4n) is 3.23. The molecule has 0 bridgehead atoms. The summed E-state index contributed by atoms with van der Waals surface area (Å²) in [6, 6.07) is 6.12. The predicted octanol–water partition coefficient (Wildman–Crippen LogP) is 1.94. The Morgan fingerprint density at radius 2 is 2.16 bits per heavy atom. The van der Waals surface area contributed by atoms with E-state index in [0.717, 1.165) is 60.5 Å². The molecule has 1 amide bonds. The van der Waals surface area contributed by atoms with Crippen molar-refractivity contribution in [3.05, 3.63) is 36.4 Å². The lowest BCUT2D eigenvalue weighted by molar-refractivity contribution is -0.117. The van der Waals surface area contributed by atoms with Gasteiger partial charge in [0.15, 0.2) is 0 Å². The first-order valence-electron chi connectivity index (χ1n) is 8.61. The zero-order valence-corrected chi connectivity index (χ0v) is 13.7. The molecule has 2 aromatic heterocycles. The Hall–Kier alpha value is -2.80. The summed E-state index contributed by atoms with van der Waals surface area (Å²) in [5.74, 6) is 1.59. The van der Waals surface area contributed by atoms with Gasteiger partial charge in [-0.25, -0.2) is 15.0 Å². The van der Waals surface area contributed by atoms with Gasteiger partial charge in [0.25, 0.3) is 0 Å². The van der Waals surface area contributed by atoms with E-state index in [1.165, 1.54) is 0 Å². The number of carbonyl (C=O) groups excluding carboxylic acids is 1. The number of imidazole rings is 1. The third kappa shape index (κ3) is 2.66. The number of benzene rings is 1. The molecule has 7 nitrogen and oxygen atoms in total. The molecule has 0 spiro atoms. The largest absolute Gasteiger partial charge is 0.326 e. The van der Waals surface area contributed by atoms with Crippen molar-refractivity contribution in [2.75, 3.05) is 11.9 Å². The molecule has 0 atom stereocenters. The zero-order chi connectivity index (χ0) is 16.8. The van der Waals surface area contributed by atoms with Crippen molar-refractivity contribution in [2.24, 2.45) is 5.92 Å². The summed E-state index contributed by atoms with van der Waals surface area (Å²) in [4.78, 5) is 25.2. The highest BCUT2D eigenvalue weighted by atomic mass is 16.2. The summed E-state index contributed by atoms with van der Waals surface area (Å²) in [6.07, 6.45) is 5.60. The molecule has 1 aliphatic heterocycles. The lowest BCUT2D eigenvalue weighted by Crippen LogP contribution is -2.28. The minimum atomic E-state index is 0.0212. The van der Waals surface area contributed by atoms with Crippen molar-refractivity contribution in [1.29, 1.82) is 0 Å². The number of carbonyl (C=O) groups is 1. The van der Waals surface area contributed by atoms with Crippen LogP contribution >= 0.6 is 0 Å². The second-order valence-electron chi connectivity index (χ2n) is 6.62. The Balaban J connectivity index is 1.51. The van der Waals surface area contributed by atoms with E-state index in [0.29, 0.717) is 5.95 Å². The monoisotopic (exact) mass is 334 g/mol. The minimum absolute atomic E-state index is 0.0212. The number of hydrogen-bond donors (Lipinski definition) is 2. The number of amides is 1. The molecule has 3 heterocycles. The van der Waals surface area contributed by atoms with Gasteiger partial charge in [-0.05, 0) is 18.9 Å². The lowest BCUT2D eigenvalue weighted by atomic mass is 10.1. The van der Waals surface area contributed by atoms with Crippen molar-refractivity contribution >= 4 is 22.8 Å². The average Bonchev–Trinajstić information content (AvgIpc) is 3.41. The van der Waals surface area contributed by atoms with Crippen LogP contribution in [0.2, 0.25) is 0 Å². The van der Waals surface area contributed by atoms with Crippen LogP contribution in [-0.4, -0.2) is 32.0 Å². The maximum absolute atomic E-state index is 11.9. The van der Waals surface area contributed by atoms with E-state index in [1.807, 2.05) is 18.3 Å². The lowest BCUT2D eigenvalue weighted by Gasteiger charge is -2.17. The van der Waals surface area contributed by atoms with E-state index < -0.39 is 0 Å². The molecule has 126 valence electrons. The summed E-state index contributed by atoms with van der Waals surface area (Å²) in [7, 11) is 0. The summed E-state index contributed by atoms with van der Waals surface area (Å²) >= 11 is 0. The Morgan fingerprint density at radius 1 is 1.24 bits per heavy atom. The Kier molecular flexibility index (Phi) is 3.27. The van der Waals surface area contributed by atoms with E-state index in [9.17, 15) is 4.79 Å². The van der Waals surface area contributed by atoms with Gasteiger partial charge in [0, 0.05) is 36.2 Å². The van der Waals surface area contributed by atoms with Crippen LogP contribution in [0.4, 0.5) is 5.95 Å². The number of nitrogens with one attached hydrogen (secondary N) is 2. The number of aromatic nitrogens is 4. The molecule has 1 saturated carbocycles. The molecule has 1 aromatic carbocycles. The predicted molar refractivity (Wildman–Crippen MR) is 93.8 cm³/mol. The maximum atomic E-state index is 11.9. The van der Waals surface area contributed by atoms with Crippen molar-refractivity contribution in [2.45, 2.75) is 25.9 Å². The van der Waals surface area contributed by atoms with E-state index in [2.05, 4.69) is 36.2 Å². The van der Waals surface area contributed by atoms with Gasteiger partial charge < -0.3 is 9.88 Å². The summed E-state index contributed by atoms with van der Waals surface area (Å²) in [6.45, 7) is 2.66. The van der Waals surface area contributed by atoms with Crippen LogP contribution < -0.4 is 10.6 Å². The highest BCUT2D eigenvalue weighted by molar-refractivity contribution is 5.93. The van der Waals surface area contributed by atoms with Gasteiger partial charge in [-0.2, -0.15) is 0 Å². The van der Waals surface area contributed by atoms with Crippen molar-refractivity contribution in [1.82, 2.24) is 24.8 Å². The summed E-state index contributed by atoms with van der Waals surface area (Å²) in [5.41, 5.74) is 3.00. The molecule has 2 N–H and O–H groups in total. The van der Waals surface area contributed by atoms with Crippen molar-refractivity contribution < 1.29 is 4.79 Å². The van der Waals surface area contributed by atoms with Crippen LogP contribution in [0.1, 0.15) is 18.7 Å². The molecule has 0 saturated heterocycles. The molecular weight excluding hydrogens is 316 g/mol. The maximum Gasteiger partial charge on any atom is 0.229 e. The fraction of sp³-hybridized carbons (Fsp3) is 0.333. The second-order valence-corrected chi connectivity index (χ2v) is 6.62. The van der Waals surface area contributed by atoms with Crippen LogP contribution in [0.15, 0.2) is 30.6 Å². The third-order valence-corrected chi connectivity index (χ3v) is 4.80. The van der Waals surface area contributed by atoms with Crippen molar-refractivity contribution in [3.8, 4) is 11.3 Å². The van der Waals surface area contributed by atoms with Gasteiger partial charge in [0.2, 0.25) is 11.9 Å². The number of hydrogen-bond acceptors (Lipinski definition) is 5. The summed E-state index contributed by atoms with van der Waals surface area (Å²) in [5, 5.41) is 7.10. The highest BCUT2D eigenvalue weighted by Crippen LogP contribution is 2.30. The molecular formula is C18H18N6O. The van der Waals surface area contributed by atoms with Crippen LogP contribution in [-0.2, 0) is 17.9 Å². The first-order valence-corrected chi connectivity index (χ1v) is 8.61. The number of fused-ring (bicyclic) bond motifs is 2. The second kappa shape index (κ2) is 5.63. The highest BCUT2D eigenvalue weighted by Gasteiger charge is 2.30. The first-order chi connectivity index (χ1) is 12.3. The zero-order valence-electron chi connectivity index (χ0n) is 13.7. The van der Waals surface area contributed by atoms with E-state index in [1.54, 1.807) is 6.20 Å². The normalized spacial score (nSPS) is 16.6. The standard InChI is InChI=1S/C18H18N6O/c25-17(11-1-2-11)23-18-21-8-13-4-3-12(7-14(13)22-18)15-9-20-16-10-19-5-6-24(15)16/h3-4,7-9,11,19H,1-2,5-6,10H2,(H,21,22,23,25). The van der Waals surface area contributed by atoms with Gasteiger partial charge in [-0.15, -0.1) is 0 Å². The first kappa shape index (κ1) is 14.5. The van der Waals surface area contributed by atoms with Gasteiger partial charge in [-0.1, -0.05) is 12.1 Å². The number of rotatable bonds is 3. The molecule has 2 aliphatic rings. The van der Waals surface area contributed by atoms with Gasteiger partial charge in [-0.3, -0.25) is 10.1 Å². The quantitative estimate of drug-likeness (QED) is 0.765. The fourth-order valence-corrected chi connectivity index (χ4v) is 3.23. The number of anilines is 1. The molecule has 1 aliphatic carbocycles. The van der Waals surface area contributed by atoms with E-state index in [4.69, 9.17) is 0 Å². The van der Waals surface area contributed by atoms with Crippen molar-refractivity contribution in [3.63, 3.8) is 0 Å². The van der Waals surface area contributed by atoms with Gasteiger partial charge in [0.1, 0.15) is 5.82 Å². The van der Waals surface area contributed by atoms with E-state index in [-0.39, 0.29) is 11.8 Å².